The molecule has 1 amide bonds. The highest BCUT2D eigenvalue weighted by Gasteiger charge is 2.18. The minimum atomic E-state index is -0.207. The Bertz CT molecular complexity index is 1320. The van der Waals surface area contributed by atoms with Crippen LogP contribution in [0.1, 0.15) is 34.0 Å². The molecule has 0 aliphatic carbocycles. The first-order valence-electron chi connectivity index (χ1n) is 11.6. The maximum absolute atomic E-state index is 13.3. The van der Waals surface area contributed by atoms with Crippen molar-refractivity contribution in [3.05, 3.63) is 77.1 Å². The Balaban J connectivity index is 1.72. The largest absolute Gasteiger partial charge is 0.379 e. The minimum absolute atomic E-state index is 0.0604. The van der Waals surface area contributed by atoms with Crippen LogP contribution in [-0.4, -0.2) is 54.7 Å². The monoisotopic (exact) mass is 465 g/mol. The molecular formula is C28H27N5O2. The summed E-state index contributed by atoms with van der Waals surface area (Å²) in [7, 11) is 0. The zero-order valence-electron chi connectivity index (χ0n) is 19.9. The molecule has 7 heteroatoms. The van der Waals surface area contributed by atoms with E-state index in [0.29, 0.717) is 41.0 Å². The third-order valence-electron chi connectivity index (χ3n) is 6.07. The highest BCUT2D eigenvalue weighted by atomic mass is 16.5. The Kier molecular flexibility index (Phi) is 7.52. The third kappa shape index (κ3) is 5.73. The number of ether oxygens (including phenoxy) is 1. The van der Waals surface area contributed by atoms with Crippen molar-refractivity contribution in [1.29, 1.82) is 10.5 Å². The number of benzene rings is 2. The van der Waals surface area contributed by atoms with Crippen LogP contribution in [0.2, 0.25) is 0 Å². The van der Waals surface area contributed by atoms with E-state index in [-0.39, 0.29) is 11.9 Å². The van der Waals surface area contributed by atoms with Crippen LogP contribution < -0.4 is 5.32 Å². The first kappa shape index (κ1) is 24.1. The van der Waals surface area contributed by atoms with Gasteiger partial charge >= 0.3 is 0 Å². The van der Waals surface area contributed by atoms with Gasteiger partial charge in [0.15, 0.2) is 0 Å². The highest BCUT2D eigenvalue weighted by molar-refractivity contribution is 5.98. The number of nitrogens with one attached hydrogen (secondary N) is 1. The molecule has 1 aliphatic heterocycles. The van der Waals surface area contributed by atoms with Crippen LogP contribution in [0.5, 0.6) is 0 Å². The molecular weight excluding hydrogens is 438 g/mol. The Morgan fingerprint density at radius 1 is 1.06 bits per heavy atom. The van der Waals surface area contributed by atoms with Crippen LogP contribution in [0.15, 0.2) is 54.9 Å². The molecule has 2 aromatic carbocycles. The van der Waals surface area contributed by atoms with Gasteiger partial charge in [-0.15, -0.1) is 0 Å². The molecule has 0 radical (unpaired) electrons. The Hall–Kier alpha value is -4.04. The molecule has 4 rings (SSSR count). The van der Waals surface area contributed by atoms with Gasteiger partial charge in [-0.05, 0) is 66.4 Å². The summed E-state index contributed by atoms with van der Waals surface area (Å²) in [6.45, 7) is 7.77. The van der Waals surface area contributed by atoms with Gasteiger partial charge in [-0.2, -0.15) is 10.5 Å². The van der Waals surface area contributed by atoms with Gasteiger partial charge in [-0.1, -0.05) is 12.1 Å². The predicted octanol–water partition coefficient (Wildman–Crippen LogP) is 3.92. The summed E-state index contributed by atoms with van der Waals surface area (Å²) < 4.78 is 5.41. The van der Waals surface area contributed by atoms with Crippen molar-refractivity contribution in [3.63, 3.8) is 0 Å². The third-order valence-corrected chi connectivity index (χ3v) is 6.07. The summed E-state index contributed by atoms with van der Waals surface area (Å²) in [6.07, 6.45) is 3.20. The van der Waals surface area contributed by atoms with Crippen molar-refractivity contribution in [3.8, 4) is 34.4 Å². The topological polar surface area (TPSA) is 102 Å². The van der Waals surface area contributed by atoms with E-state index < -0.39 is 0 Å². The van der Waals surface area contributed by atoms with E-state index >= 15 is 0 Å². The number of rotatable bonds is 6. The number of carbonyl (C=O) groups is 1. The van der Waals surface area contributed by atoms with E-state index in [1.54, 1.807) is 30.6 Å². The number of hydrogen-bond donors (Lipinski definition) is 1. The van der Waals surface area contributed by atoms with Gasteiger partial charge in [0, 0.05) is 49.2 Å². The first-order valence-corrected chi connectivity index (χ1v) is 11.6. The summed E-state index contributed by atoms with van der Waals surface area (Å²) in [6, 6.07) is 17.2. The fourth-order valence-electron chi connectivity index (χ4n) is 4.32. The van der Waals surface area contributed by atoms with Gasteiger partial charge in [0.2, 0.25) is 0 Å². The maximum atomic E-state index is 13.3. The molecule has 7 nitrogen and oxygen atoms in total. The molecule has 2 heterocycles. The Morgan fingerprint density at radius 2 is 1.77 bits per heavy atom. The minimum Gasteiger partial charge on any atom is -0.379 e. The molecule has 1 N–H and O–H groups in total. The van der Waals surface area contributed by atoms with E-state index in [2.05, 4.69) is 27.3 Å². The van der Waals surface area contributed by atoms with Crippen LogP contribution in [-0.2, 0) is 4.74 Å². The summed E-state index contributed by atoms with van der Waals surface area (Å²) in [5, 5.41) is 22.4. The van der Waals surface area contributed by atoms with Gasteiger partial charge in [0.25, 0.3) is 5.91 Å². The fourth-order valence-corrected chi connectivity index (χ4v) is 4.32. The number of hydrogen-bond acceptors (Lipinski definition) is 6. The predicted molar refractivity (Wildman–Crippen MR) is 133 cm³/mol. The molecule has 3 aromatic rings. The molecule has 1 saturated heterocycles. The van der Waals surface area contributed by atoms with Crippen LogP contribution in [0.4, 0.5) is 0 Å². The van der Waals surface area contributed by atoms with E-state index in [4.69, 9.17) is 4.74 Å². The molecule has 1 unspecified atom stereocenters. The fraction of sp³-hybridized carbons (Fsp3) is 0.286. The van der Waals surface area contributed by atoms with E-state index in [9.17, 15) is 15.3 Å². The average molecular weight is 466 g/mol. The molecule has 0 bridgehead atoms. The standard InChI is InChI=1S/C28H27N5O2/c1-19-3-4-26(25(11-19)16-30)22-12-23(27-17-31-6-5-21(27)15-29)14-24(13-22)28(34)32-20(2)18-33-7-9-35-10-8-33/h3-6,11-14,17,20H,7-10,18H2,1-2H3,(H,32,34). The number of pyridine rings is 1. The molecule has 1 aliphatic rings. The number of aryl methyl sites for hydroxylation is 1. The van der Waals surface area contributed by atoms with Crippen molar-refractivity contribution < 1.29 is 9.53 Å². The second kappa shape index (κ2) is 10.9. The van der Waals surface area contributed by atoms with Crippen LogP contribution in [0.25, 0.3) is 22.3 Å². The van der Waals surface area contributed by atoms with Gasteiger partial charge in [0.05, 0.1) is 36.5 Å². The van der Waals surface area contributed by atoms with Crippen molar-refractivity contribution in [2.75, 3.05) is 32.8 Å². The number of nitriles is 2. The number of amides is 1. The number of aromatic nitrogens is 1. The average Bonchev–Trinajstić information content (AvgIpc) is 2.88. The highest BCUT2D eigenvalue weighted by Crippen LogP contribution is 2.32. The maximum Gasteiger partial charge on any atom is 0.251 e. The summed E-state index contributed by atoms with van der Waals surface area (Å²) >= 11 is 0. The molecule has 1 aromatic heterocycles. The van der Waals surface area contributed by atoms with E-state index in [1.807, 2.05) is 38.1 Å². The van der Waals surface area contributed by atoms with E-state index in [0.717, 1.165) is 36.3 Å². The molecule has 176 valence electrons. The molecule has 35 heavy (non-hydrogen) atoms. The van der Waals surface area contributed by atoms with Crippen LogP contribution >= 0.6 is 0 Å². The molecule has 0 saturated carbocycles. The Labute approximate surface area is 205 Å². The van der Waals surface area contributed by atoms with Crippen molar-refractivity contribution in [1.82, 2.24) is 15.2 Å². The molecule has 0 spiro atoms. The summed E-state index contributed by atoms with van der Waals surface area (Å²) in [5.74, 6) is -0.207. The van der Waals surface area contributed by atoms with Crippen LogP contribution in [0.3, 0.4) is 0 Å². The lowest BCUT2D eigenvalue weighted by Gasteiger charge is -2.29. The van der Waals surface area contributed by atoms with Gasteiger partial charge < -0.3 is 10.1 Å². The van der Waals surface area contributed by atoms with Gasteiger partial charge in [-0.25, -0.2) is 0 Å². The number of nitrogens with zero attached hydrogens (tertiary/aromatic N) is 4. The normalized spacial score (nSPS) is 14.5. The number of carbonyl (C=O) groups excluding carboxylic acids is 1. The first-order chi connectivity index (χ1) is 17.0. The SMILES string of the molecule is Cc1ccc(-c2cc(C(=O)NC(C)CN3CCOCC3)cc(-c3cnccc3C#N)c2)c(C#N)c1. The van der Waals surface area contributed by atoms with E-state index in [1.165, 1.54) is 0 Å². The second-order valence-corrected chi connectivity index (χ2v) is 8.78. The zero-order chi connectivity index (χ0) is 24.8. The van der Waals surface area contributed by atoms with Crippen molar-refractivity contribution in [2.24, 2.45) is 0 Å². The summed E-state index contributed by atoms with van der Waals surface area (Å²) in [5.41, 5.74) is 5.24. The quantitative estimate of drug-likeness (QED) is 0.592. The lowest BCUT2D eigenvalue weighted by atomic mass is 9.92. The molecule has 1 fully saturated rings. The van der Waals surface area contributed by atoms with Crippen molar-refractivity contribution in [2.45, 2.75) is 19.9 Å². The number of morpholine rings is 1. The smallest absolute Gasteiger partial charge is 0.251 e. The molecule has 1 atom stereocenters. The van der Waals surface area contributed by atoms with Gasteiger partial charge in [0.1, 0.15) is 0 Å². The van der Waals surface area contributed by atoms with Crippen LogP contribution in [0, 0.1) is 29.6 Å². The lowest BCUT2D eigenvalue weighted by Crippen LogP contribution is -2.46. The Morgan fingerprint density at radius 3 is 2.49 bits per heavy atom. The summed E-state index contributed by atoms with van der Waals surface area (Å²) in [4.78, 5) is 19.8. The van der Waals surface area contributed by atoms with Crippen molar-refractivity contribution >= 4 is 5.91 Å². The zero-order valence-corrected chi connectivity index (χ0v) is 19.9. The second-order valence-electron chi connectivity index (χ2n) is 8.78. The lowest BCUT2D eigenvalue weighted by molar-refractivity contribution is 0.0342. The van der Waals surface area contributed by atoms with Gasteiger partial charge in [-0.3, -0.25) is 14.7 Å².